The van der Waals surface area contributed by atoms with Gasteiger partial charge in [0.15, 0.2) is 5.82 Å². The molecule has 3 rings (SSSR count). The second kappa shape index (κ2) is 4.68. The van der Waals surface area contributed by atoms with Crippen molar-refractivity contribution < 1.29 is 4.39 Å². The van der Waals surface area contributed by atoms with E-state index in [1.807, 2.05) is 15.5 Å². The van der Waals surface area contributed by atoms with Crippen LogP contribution in [0.3, 0.4) is 0 Å². The fourth-order valence-corrected chi connectivity index (χ4v) is 2.73. The van der Waals surface area contributed by atoms with Crippen molar-refractivity contribution >= 4 is 21.6 Å². The molecule has 94 valence electrons. The zero-order chi connectivity index (χ0) is 12.5. The number of nitrogens with zero attached hydrogens (tertiary/aromatic N) is 4. The van der Waals surface area contributed by atoms with Crippen LogP contribution in [0.2, 0.25) is 0 Å². The molecule has 0 aliphatic carbocycles. The second-order valence-electron chi connectivity index (χ2n) is 4.24. The number of rotatable bonds is 2. The monoisotopic (exact) mass is 310 g/mol. The number of hydrogen-bond donors (Lipinski definition) is 0. The number of hydrogen-bond acceptors (Lipinski definition) is 3. The highest BCUT2D eigenvalue weighted by Gasteiger charge is 2.22. The minimum Gasteiger partial charge on any atom is -0.360 e. The van der Waals surface area contributed by atoms with Gasteiger partial charge in [-0.15, -0.1) is 10.2 Å². The van der Waals surface area contributed by atoms with Crippen LogP contribution in [-0.2, 0) is 18.4 Å². The van der Waals surface area contributed by atoms with E-state index in [1.165, 1.54) is 6.07 Å². The number of anilines is 1. The molecule has 0 unspecified atom stereocenters. The second-order valence-corrected chi connectivity index (χ2v) is 4.80. The van der Waals surface area contributed by atoms with Crippen molar-refractivity contribution in [2.45, 2.75) is 18.4 Å². The maximum absolute atomic E-state index is 14.0. The number of aromatic nitrogens is 3. The van der Waals surface area contributed by atoms with Gasteiger partial charge in [0.1, 0.15) is 12.1 Å². The van der Waals surface area contributed by atoms with Crippen LogP contribution in [0.15, 0.2) is 24.5 Å². The highest BCUT2D eigenvalue weighted by Crippen LogP contribution is 2.28. The van der Waals surface area contributed by atoms with Crippen LogP contribution in [0.4, 0.5) is 10.1 Å². The summed E-state index contributed by atoms with van der Waals surface area (Å²) in [7, 11) is 0. The highest BCUT2D eigenvalue weighted by molar-refractivity contribution is 9.08. The standard InChI is InChI=1S/C12H12BrFN4/c13-6-9-2-1-3-10(14)12(9)17-4-5-18-8-15-16-11(18)7-17/h1-3,8H,4-7H2. The molecule has 0 spiro atoms. The van der Waals surface area contributed by atoms with Crippen LogP contribution in [-0.4, -0.2) is 21.3 Å². The number of alkyl halides is 1. The van der Waals surface area contributed by atoms with E-state index in [0.717, 1.165) is 24.5 Å². The maximum Gasteiger partial charge on any atom is 0.152 e. The fourth-order valence-electron chi connectivity index (χ4n) is 2.28. The first-order valence-electron chi connectivity index (χ1n) is 5.74. The minimum absolute atomic E-state index is 0.181. The lowest BCUT2D eigenvalue weighted by molar-refractivity contribution is 0.542. The van der Waals surface area contributed by atoms with Gasteiger partial charge in [0, 0.05) is 18.4 Å². The lowest BCUT2D eigenvalue weighted by Crippen LogP contribution is -2.34. The lowest BCUT2D eigenvalue weighted by Gasteiger charge is -2.30. The number of fused-ring (bicyclic) bond motifs is 1. The molecular weight excluding hydrogens is 299 g/mol. The molecule has 1 aromatic carbocycles. The van der Waals surface area contributed by atoms with Crippen LogP contribution >= 0.6 is 15.9 Å². The van der Waals surface area contributed by atoms with Crippen molar-refractivity contribution in [3.8, 4) is 0 Å². The Hall–Kier alpha value is -1.43. The molecule has 2 aromatic rings. The summed E-state index contributed by atoms with van der Waals surface area (Å²) in [6.07, 6.45) is 1.72. The van der Waals surface area contributed by atoms with Crippen molar-refractivity contribution in [3.63, 3.8) is 0 Å². The topological polar surface area (TPSA) is 34.0 Å². The molecule has 0 N–H and O–H groups in total. The van der Waals surface area contributed by atoms with E-state index in [0.29, 0.717) is 17.6 Å². The number of para-hydroxylation sites is 1. The van der Waals surface area contributed by atoms with Crippen LogP contribution < -0.4 is 4.90 Å². The first-order valence-corrected chi connectivity index (χ1v) is 6.86. The van der Waals surface area contributed by atoms with E-state index in [4.69, 9.17) is 0 Å². The Morgan fingerprint density at radius 1 is 1.33 bits per heavy atom. The molecule has 0 atom stereocenters. The van der Waals surface area contributed by atoms with Gasteiger partial charge >= 0.3 is 0 Å². The number of benzene rings is 1. The summed E-state index contributed by atoms with van der Waals surface area (Å²) in [5, 5.41) is 8.58. The van der Waals surface area contributed by atoms with Gasteiger partial charge in [-0.3, -0.25) is 0 Å². The van der Waals surface area contributed by atoms with Gasteiger partial charge in [0.25, 0.3) is 0 Å². The summed E-state index contributed by atoms with van der Waals surface area (Å²) in [5.41, 5.74) is 1.63. The summed E-state index contributed by atoms with van der Waals surface area (Å²) >= 11 is 3.41. The van der Waals surface area contributed by atoms with E-state index in [1.54, 1.807) is 12.4 Å². The molecule has 2 heterocycles. The Labute approximate surface area is 113 Å². The third-order valence-electron chi connectivity index (χ3n) is 3.17. The zero-order valence-electron chi connectivity index (χ0n) is 9.68. The molecule has 1 aliphatic rings. The van der Waals surface area contributed by atoms with Crippen molar-refractivity contribution in [1.82, 2.24) is 14.8 Å². The van der Waals surface area contributed by atoms with Crippen molar-refractivity contribution in [2.75, 3.05) is 11.4 Å². The molecule has 0 saturated heterocycles. The molecule has 0 fully saturated rings. The van der Waals surface area contributed by atoms with Crippen molar-refractivity contribution in [3.05, 3.63) is 41.7 Å². The molecule has 0 amide bonds. The van der Waals surface area contributed by atoms with Gasteiger partial charge in [-0.1, -0.05) is 28.1 Å². The summed E-state index contributed by atoms with van der Waals surface area (Å²) in [6, 6.07) is 5.18. The summed E-state index contributed by atoms with van der Waals surface area (Å²) in [6.45, 7) is 2.16. The predicted octanol–water partition coefficient (Wildman–Crippen LogP) is 2.33. The minimum atomic E-state index is -0.181. The van der Waals surface area contributed by atoms with Gasteiger partial charge < -0.3 is 9.47 Å². The van der Waals surface area contributed by atoms with Crippen molar-refractivity contribution in [2.24, 2.45) is 0 Å². The maximum atomic E-state index is 14.0. The van der Waals surface area contributed by atoms with Crippen molar-refractivity contribution in [1.29, 1.82) is 0 Å². The van der Waals surface area contributed by atoms with Crippen LogP contribution in [0.5, 0.6) is 0 Å². The quantitative estimate of drug-likeness (QED) is 0.798. The first kappa shape index (κ1) is 11.6. The van der Waals surface area contributed by atoms with E-state index < -0.39 is 0 Å². The smallest absolute Gasteiger partial charge is 0.152 e. The molecule has 18 heavy (non-hydrogen) atoms. The summed E-state index contributed by atoms with van der Waals surface area (Å²) < 4.78 is 16.0. The van der Waals surface area contributed by atoms with E-state index in [9.17, 15) is 4.39 Å². The van der Waals surface area contributed by atoms with Gasteiger partial charge in [-0.05, 0) is 11.6 Å². The Morgan fingerprint density at radius 2 is 2.22 bits per heavy atom. The molecule has 1 aliphatic heterocycles. The first-order chi connectivity index (χ1) is 8.79. The van der Waals surface area contributed by atoms with Gasteiger partial charge in [-0.25, -0.2) is 4.39 Å². The van der Waals surface area contributed by atoms with Gasteiger partial charge in [0.2, 0.25) is 0 Å². The predicted molar refractivity (Wildman–Crippen MR) is 70.1 cm³/mol. The Morgan fingerprint density at radius 3 is 3.06 bits per heavy atom. The molecular formula is C12H12BrFN4. The summed E-state index contributed by atoms with van der Waals surface area (Å²) in [4.78, 5) is 2.02. The SMILES string of the molecule is Fc1cccc(CBr)c1N1CCn2cnnc2C1. The normalized spacial score (nSPS) is 14.7. The van der Waals surface area contributed by atoms with E-state index in [-0.39, 0.29) is 5.82 Å². The molecule has 0 saturated carbocycles. The van der Waals surface area contributed by atoms with Crippen LogP contribution in [0.1, 0.15) is 11.4 Å². The fraction of sp³-hybridized carbons (Fsp3) is 0.333. The van der Waals surface area contributed by atoms with Crippen LogP contribution in [0.25, 0.3) is 0 Å². The average Bonchev–Trinajstić information content (AvgIpc) is 2.85. The Balaban J connectivity index is 1.97. The van der Waals surface area contributed by atoms with Gasteiger partial charge in [0.05, 0.1) is 12.2 Å². The third kappa shape index (κ3) is 1.90. The number of halogens is 2. The average molecular weight is 311 g/mol. The van der Waals surface area contributed by atoms with E-state index >= 15 is 0 Å². The molecule has 4 nitrogen and oxygen atoms in total. The molecule has 1 aromatic heterocycles. The largest absolute Gasteiger partial charge is 0.360 e. The summed E-state index contributed by atoms with van der Waals surface area (Å²) in [5.74, 6) is 0.699. The molecule has 0 bridgehead atoms. The lowest BCUT2D eigenvalue weighted by atomic mass is 10.1. The van der Waals surface area contributed by atoms with Crippen LogP contribution in [0, 0.1) is 5.82 Å². The Bertz CT molecular complexity index is 569. The van der Waals surface area contributed by atoms with E-state index in [2.05, 4.69) is 26.1 Å². The molecule has 0 radical (unpaired) electrons. The highest BCUT2D eigenvalue weighted by atomic mass is 79.9. The zero-order valence-corrected chi connectivity index (χ0v) is 11.3. The Kier molecular flexibility index (Phi) is 3.03. The van der Waals surface area contributed by atoms with Gasteiger partial charge in [-0.2, -0.15) is 0 Å². The third-order valence-corrected chi connectivity index (χ3v) is 3.77. The molecule has 6 heteroatoms.